The van der Waals surface area contributed by atoms with Gasteiger partial charge in [-0.1, -0.05) is 0 Å². The van der Waals surface area contributed by atoms with Gasteiger partial charge in [-0.3, -0.25) is 0 Å². The maximum absolute atomic E-state index is 11.0. The van der Waals surface area contributed by atoms with Gasteiger partial charge < -0.3 is 10.2 Å². The Labute approximate surface area is 180 Å². The normalized spacial score (nSPS) is 9.11. The molecule has 0 atom stereocenters. The van der Waals surface area contributed by atoms with Crippen LogP contribution in [0, 0.1) is 0 Å². The van der Waals surface area contributed by atoms with Crippen molar-refractivity contribution < 1.29 is 19.8 Å². The molecule has 0 amide bonds. The van der Waals surface area contributed by atoms with Gasteiger partial charge in [0.15, 0.2) is 0 Å². The molecule has 0 aromatic heterocycles. The van der Waals surface area contributed by atoms with Crippen LogP contribution in [0.25, 0.3) is 0 Å². The van der Waals surface area contributed by atoms with Crippen LogP contribution >= 0.6 is 63.7 Å². The van der Waals surface area contributed by atoms with Crippen LogP contribution in [0.2, 0.25) is 0 Å². The van der Waals surface area contributed by atoms with Crippen molar-refractivity contribution >= 4 is 135 Å². The minimum absolute atomic E-state index is 0. The number of hydrogen-bond acceptors (Lipinski definition) is 2. The molecule has 88 valence electrons. The van der Waals surface area contributed by atoms with Crippen LogP contribution < -0.4 is 0 Å². The molecule has 10 heteroatoms. The minimum atomic E-state index is -1.32. The fourth-order valence-corrected chi connectivity index (χ4v) is 3.49. The molecule has 0 aliphatic rings. The number of halogens is 4. The Hall–Kier alpha value is 2.08. The van der Waals surface area contributed by atoms with Gasteiger partial charge >= 0.3 is 11.9 Å². The summed E-state index contributed by atoms with van der Waals surface area (Å²) in [7, 11) is 0. The van der Waals surface area contributed by atoms with Gasteiger partial charge in [-0.25, -0.2) is 9.59 Å². The fraction of sp³-hybridized carbons (Fsp3) is 0. The van der Waals surface area contributed by atoms with E-state index in [0.29, 0.717) is 8.95 Å². The molecule has 0 aliphatic carbocycles. The second-order valence-corrected chi connectivity index (χ2v) is 5.79. The van der Waals surface area contributed by atoms with Crippen molar-refractivity contribution in [2.45, 2.75) is 0 Å². The third kappa shape index (κ3) is 4.54. The molecule has 0 unspecified atom stereocenters. The quantitative estimate of drug-likeness (QED) is 0.351. The predicted octanol–water partition coefficient (Wildman–Crippen LogP) is 3.37. The number of aromatic carboxylic acids is 2. The Kier molecular flexibility index (Phi) is 11.4. The summed E-state index contributed by atoms with van der Waals surface area (Å²) in [5, 5.41) is 18.0. The van der Waals surface area contributed by atoms with E-state index >= 15 is 0 Å². The summed E-state index contributed by atoms with van der Waals surface area (Å²) in [5.41, 5.74) is -0.621. The first kappa shape index (κ1) is 22.4. The average Bonchev–Trinajstić information content (AvgIpc) is 2.18. The van der Waals surface area contributed by atoms with Gasteiger partial charge in [0.25, 0.3) is 0 Å². The molecule has 2 radical (unpaired) electrons. The summed E-state index contributed by atoms with van der Waals surface area (Å²) < 4.78 is 1.21. The maximum Gasteiger partial charge on any atom is 0.337 e. The topological polar surface area (TPSA) is 74.6 Å². The third-order valence-electron chi connectivity index (χ3n) is 1.69. The first-order valence-electron chi connectivity index (χ1n) is 3.61. The first-order chi connectivity index (χ1) is 7.29. The Bertz CT molecular complexity index is 462. The molecule has 0 spiro atoms. The summed E-state index contributed by atoms with van der Waals surface area (Å²) in [4.78, 5) is 22.0. The standard InChI is InChI=1S/C8H2Br4O4.2Na/c9-3-1(7(13)14)2(8(15)16)4(10)6(12)5(3)11;;/h(H,13,14)(H,15,16);;. The van der Waals surface area contributed by atoms with Crippen LogP contribution in [0.4, 0.5) is 0 Å². The second-order valence-electron chi connectivity index (χ2n) is 2.62. The van der Waals surface area contributed by atoms with Crippen LogP contribution in [0.15, 0.2) is 17.9 Å². The van der Waals surface area contributed by atoms with E-state index in [0.717, 1.165) is 0 Å². The molecule has 2 N–H and O–H groups in total. The number of rotatable bonds is 2. The van der Waals surface area contributed by atoms with E-state index in [9.17, 15) is 9.59 Å². The molecule has 1 aromatic rings. The van der Waals surface area contributed by atoms with Crippen LogP contribution in [-0.2, 0) is 0 Å². The number of benzene rings is 1. The third-order valence-corrected chi connectivity index (χ3v) is 6.46. The molecule has 0 heterocycles. The van der Waals surface area contributed by atoms with Gasteiger partial charge in [-0.05, 0) is 63.7 Å². The number of carboxylic acids is 2. The van der Waals surface area contributed by atoms with Crippen molar-refractivity contribution in [1.29, 1.82) is 0 Å². The van der Waals surface area contributed by atoms with E-state index < -0.39 is 11.9 Å². The summed E-state index contributed by atoms with van der Waals surface area (Å²) in [6, 6.07) is 0. The smallest absolute Gasteiger partial charge is 0.337 e. The van der Waals surface area contributed by atoms with Gasteiger partial charge in [-0.15, -0.1) is 0 Å². The van der Waals surface area contributed by atoms with Crippen molar-refractivity contribution in [1.82, 2.24) is 0 Å². The van der Waals surface area contributed by atoms with Crippen LogP contribution in [0.3, 0.4) is 0 Å². The molecular weight excluding hydrogens is 526 g/mol. The summed E-state index contributed by atoms with van der Waals surface area (Å²) in [6.07, 6.45) is 0. The van der Waals surface area contributed by atoms with Gasteiger partial charge in [0.05, 0.1) is 11.1 Å². The van der Waals surface area contributed by atoms with Gasteiger partial charge in [0.1, 0.15) is 0 Å². The maximum atomic E-state index is 11.0. The average molecular weight is 528 g/mol. The van der Waals surface area contributed by atoms with Crippen molar-refractivity contribution in [3.63, 3.8) is 0 Å². The molecule has 1 aromatic carbocycles. The van der Waals surface area contributed by atoms with E-state index in [2.05, 4.69) is 63.7 Å². The molecule has 0 aliphatic heterocycles. The zero-order chi connectivity index (χ0) is 12.6. The van der Waals surface area contributed by atoms with Crippen molar-refractivity contribution in [3.05, 3.63) is 29.0 Å². The predicted molar refractivity (Wildman–Crippen MR) is 82.7 cm³/mol. The fourth-order valence-electron chi connectivity index (χ4n) is 1.03. The second kappa shape index (κ2) is 9.17. The van der Waals surface area contributed by atoms with Gasteiger partial charge in [-0.2, -0.15) is 0 Å². The monoisotopic (exact) mass is 524 g/mol. The van der Waals surface area contributed by atoms with E-state index in [4.69, 9.17) is 10.2 Å². The van der Waals surface area contributed by atoms with E-state index in [1.807, 2.05) is 0 Å². The SMILES string of the molecule is O=C(O)c1c(Br)c(Br)c(Br)c(Br)c1C(=O)O.[Na].[Na]. The van der Waals surface area contributed by atoms with E-state index in [-0.39, 0.29) is 79.2 Å². The van der Waals surface area contributed by atoms with E-state index in [1.165, 1.54) is 0 Å². The number of carboxylic acid groups (broad SMARTS) is 2. The minimum Gasteiger partial charge on any atom is -0.478 e. The van der Waals surface area contributed by atoms with Crippen molar-refractivity contribution in [2.75, 3.05) is 0 Å². The van der Waals surface area contributed by atoms with Gasteiger partial charge in [0.2, 0.25) is 0 Å². The zero-order valence-electron chi connectivity index (χ0n) is 9.22. The first-order valence-corrected chi connectivity index (χ1v) is 6.78. The molecular formula is C8H2Br4Na2O4. The van der Waals surface area contributed by atoms with Crippen LogP contribution in [-0.4, -0.2) is 81.3 Å². The Morgan fingerprint density at radius 1 is 0.667 bits per heavy atom. The Morgan fingerprint density at radius 2 is 0.889 bits per heavy atom. The Morgan fingerprint density at radius 3 is 1.06 bits per heavy atom. The largest absolute Gasteiger partial charge is 0.478 e. The van der Waals surface area contributed by atoms with E-state index in [1.54, 1.807) is 0 Å². The molecule has 0 saturated carbocycles. The van der Waals surface area contributed by atoms with Gasteiger partial charge in [0, 0.05) is 77.0 Å². The van der Waals surface area contributed by atoms with Crippen molar-refractivity contribution in [2.24, 2.45) is 0 Å². The summed E-state index contributed by atoms with van der Waals surface area (Å²) in [5.74, 6) is -2.64. The van der Waals surface area contributed by atoms with Crippen LogP contribution in [0.1, 0.15) is 20.7 Å². The molecule has 1 rings (SSSR count). The van der Waals surface area contributed by atoms with Crippen LogP contribution in [0.5, 0.6) is 0 Å². The van der Waals surface area contributed by atoms with Crippen molar-refractivity contribution in [3.8, 4) is 0 Å². The molecule has 0 bridgehead atoms. The Balaban J connectivity index is 0. The summed E-state index contributed by atoms with van der Waals surface area (Å²) in [6.45, 7) is 0. The molecule has 18 heavy (non-hydrogen) atoms. The number of carbonyl (C=O) groups is 2. The summed E-state index contributed by atoms with van der Waals surface area (Å²) >= 11 is 12.4. The molecule has 0 fully saturated rings. The molecule has 0 saturated heterocycles. The zero-order valence-corrected chi connectivity index (χ0v) is 19.6. The molecule has 4 nitrogen and oxygen atoms in total. The number of hydrogen-bond donors (Lipinski definition) is 2.